The highest BCUT2D eigenvalue weighted by molar-refractivity contribution is 7.89. The van der Waals surface area contributed by atoms with Gasteiger partial charge in [-0.25, -0.2) is 12.8 Å². The minimum Gasteiger partial charge on any atom is -0.399 e. The Morgan fingerprint density at radius 2 is 1.60 bits per heavy atom. The Balaban J connectivity index is 1.26. The van der Waals surface area contributed by atoms with E-state index in [2.05, 4.69) is 15.9 Å². The topological polar surface area (TPSA) is 69.9 Å². The van der Waals surface area contributed by atoms with Crippen molar-refractivity contribution in [1.82, 2.24) is 9.21 Å². The van der Waals surface area contributed by atoms with Crippen LogP contribution < -0.4 is 10.6 Å². The van der Waals surface area contributed by atoms with Gasteiger partial charge in [-0.15, -0.1) is 0 Å². The number of piperidine rings is 1. The van der Waals surface area contributed by atoms with Crippen LogP contribution in [0, 0.1) is 11.7 Å². The molecular formula is C22H29FN4O2S. The predicted molar refractivity (Wildman–Crippen MR) is 117 cm³/mol. The number of piperazine rings is 1. The van der Waals surface area contributed by atoms with Crippen molar-refractivity contribution in [1.29, 1.82) is 0 Å². The Bertz CT molecular complexity index is 951. The summed E-state index contributed by atoms with van der Waals surface area (Å²) in [4.78, 5) is 5.02. The lowest BCUT2D eigenvalue weighted by Crippen LogP contribution is -2.49. The van der Waals surface area contributed by atoms with Crippen LogP contribution in [0.2, 0.25) is 0 Å². The molecule has 0 aliphatic carbocycles. The number of nitrogens with two attached hydrogens (primary N) is 1. The molecule has 4 rings (SSSR count). The minimum atomic E-state index is -3.54. The summed E-state index contributed by atoms with van der Waals surface area (Å²) in [6, 6.07) is 13.1. The van der Waals surface area contributed by atoms with Gasteiger partial charge in [-0.2, -0.15) is 4.31 Å². The fourth-order valence-corrected chi connectivity index (χ4v) is 5.83. The SMILES string of the molecule is Nc1cccc(N2CCN(CC3CCN(S(=O)(=O)c4ccc(F)cc4)CC3)CC2)c1. The first-order valence-electron chi connectivity index (χ1n) is 10.5. The highest BCUT2D eigenvalue weighted by atomic mass is 32.2. The molecular weight excluding hydrogens is 403 g/mol. The number of rotatable bonds is 5. The van der Waals surface area contributed by atoms with Crippen LogP contribution in [0.15, 0.2) is 53.4 Å². The molecule has 2 saturated heterocycles. The van der Waals surface area contributed by atoms with Crippen LogP contribution in [-0.2, 0) is 10.0 Å². The second-order valence-corrected chi connectivity index (χ2v) is 10.1. The number of hydrogen-bond acceptors (Lipinski definition) is 5. The Labute approximate surface area is 178 Å². The molecule has 0 aromatic heterocycles. The van der Waals surface area contributed by atoms with E-state index in [1.807, 2.05) is 18.2 Å². The van der Waals surface area contributed by atoms with Crippen molar-refractivity contribution in [2.45, 2.75) is 17.7 Å². The van der Waals surface area contributed by atoms with Crippen molar-refractivity contribution >= 4 is 21.4 Å². The smallest absolute Gasteiger partial charge is 0.243 e. The van der Waals surface area contributed by atoms with E-state index in [0.29, 0.717) is 19.0 Å². The molecule has 6 nitrogen and oxygen atoms in total. The first kappa shape index (κ1) is 21.1. The second kappa shape index (κ2) is 8.91. The van der Waals surface area contributed by atoms with E-state index in [0.717, 1.165) is 51.3 Å². The summed E-state index contributed by atoms with van der Waals surface area (Å²) in [5.74, 6) is 0.0760. The van der Waals surface area contributed by atoms with Crippen molar-refractivity contribution in [3.8, 4) is 0 Å². The summed E-state index contributed by atoms with van der Waals surface area (Å²) >= 11 is 0. The molecule has 0 amide bonds. The van der Waals surface area contributed by atoms with Gasteiger partial charge in [0.05, 0.1) is 4.90 Å². The zero-order valence-electron chi connectivity index (χ0n) is 17.1. The van der Waals surface area contributed by atoms with Crippen LogP contribution in [0.3, 0.4) is 0 Å². The van der Waals surface area contributed by atoms with E-state index >= 15 is 0 Å². The minimum absolute atomic E-state index is 0.167. The second-order valence-electron chi connectivity index (χ2n) is 8.18. The van der Waals surface area contributed by atoms with E-state index in [1.54, 1.807) is 0 Å². The number of benzene rings is 2. The van der Waals surface area contributed by atoms with Gasteiger partial charge in [-0.3, -0.25) is 4.90 Å². The molecule has 0 saturated carbocycles. The van der Waals surface area contributed by atoms with Gasteiger partial charge in [0.25, 0.3) is 0 Å². The fraction of sp³-hybridized carbons (Fsp3) is 0.455. The summed E-state index contributed by atoms with van der Waals surface area (Å²) in [6.07, 6.45) is 1.71. The van der Waals surface area contributed by atoms with Crippen LogP contribution >= 0.6 is 0 Å². The van der Waals surface area contributed by atoms with Crippen LogP contribution in [0.1, 0.15) is 12.8 Å². The van der Waals surface area contributed by atoms with Gasteiger partial charge in [-0.05, 0) is 61.2 Å². The lowest BCUT2D eigenvalue weighted by Gasteiger charge is -2.39. The molecule has 2 heterocycles. The first-order valence-corrected chi connectivity index (χ1v) is 11.9. The van der Waals surface area contributed by atoms with Crippen molar-refractivity contribution in [3.05, 3.63) is 54.3 Å². The molecule has 0 spiro atoms. The molecule has 162 valence electrons. The Hall–Kier alpha value is -2.16. The lowest BCUT2D eigenvalue weighted by molar-refractivity contribution is 0.176. The number of nitrogen functional groups attached to an aromatic ring is 1. The highest BCUT2D eigenvalue weighted by Crippen LogP contribution is 2.25. The average Bonchev–Trinajstić information content (AvgIpc) is 2.75. The van der Waals surface area contributed by atoms with Crippen LogP contribution in [0.4, 0.5) is 15.8 Å². The Morgan fingerprint density at radius 1 is 0.933 bits per heavy atom. The molecule has 2 aromatic carbocycles. The van der Waals surface area contributed by atoms with Crippen molar-refractivity contribution < 1.29 is 12.8 Å². The molecule has 0 atom stereocenters. The summed E-state index contributed by atoms with van der Waals surface area (Å²) in [5, 5.41) is 0. The van der Waals surface area contributed by atoms with E-state index in [1.165, 1.54) is 34.3 Å². The fourth-order valence-electron chi connectivity index (χ4n) is 4.36. The molecule has 0 unspecified atom stereocenters. The highest BCUT2D eigenvalue weighted by Gasteiger charge is 2.30. The molecule has 2 aliphatic rings. The summed E-state index contributed by atoms with van der Waals surface area (Å²) < 4.78 is 40.2. The zero-order chi connectivity index (χ0) is 21.1. The Morgan fingerprint density at radius 3 is 2.23 bits per heavy atom. The summed E-state index contributed by atoms with van der Waals surface area (Å²) in [6.45, 7) is 6.00. The van der Waals surface area contributed by atoms with Gasteiger partial charge in [0.2, 0.25) is 10.0 Å². The standard InChI is InChI=1S/C22H29FN4O2S/c23-19-4-6-22(7-5-19)30(28,29)27-10-8-18(9-11-27)17-25-12-14-26(15-13-25)21-3-1-2-20(24)16-21/h1-7,16,18H,8-15,17,24H2. The molecule has 8 heteroatoms. The number of hydrogen-bond donors (Lipinski definition) is 1. The van der Waals surface area contributed by atoms with Crippen LogP contribution in [0.5, 0.6) is 0 Å². The van der Waals surface area contributed by atoms with E-state index < -0.39 is 15.8 Å². The molecule has 2 aliphatic heterocycles. The molecule has 30 heavy (non-hydrogen) atoms. The molecule has 0 radical (unpaired) electrons. The van der Waals surface area contributed by atoms with Gasteiger partial charge < -0.3 is 10.6 Å². The molecule has 2 fully saturated rings. The average molecular weight is 433 g/mol. The quantitative estimate of drug-likeness (QED) is 0.736. The number of nitrogens with zero attached hydrogens (tertiary/aromatic N) is 3. The maximum Gasteiger partial charge on any atom is 0.243 e. The van der Waals surface area contributed by atoms with Gasteiger partial charge in [0.15, 0.2) is 0 Å². The third kappa shape index (κ3) is 4.77. The lowest BCUT2D eigenvalue weighted by atomic mass is 9.97. The summed E-state index contributed by atoms with van der Waals surface area (Å²) in [5.41, 5.74) is 7.87. The van der Waals surface area contributed by atoms with E-state index in [-0.39, 0.29) is 4.90 Å². The normalized spacial score (nSPS) is 19.8. The van der Waals surface area contributed by atoms with Gasteiger partial charge in [0, 0.05) is 57.2 Å². The zero-order valence-corrected chi connectivity index (χ0v) is 17.9. The van der Waals surface area contributed by atoms with Crippen LogP contribution in [-0.4, -0.2) is 63.4 Å². The Kier molecular flexibility index (Phi) is 6.26. The number of halogens is 1. The molecule has 0 bridgehead atoms. The van der Waals surface area contributed by atoms with Crippen molar-refractivity contribution in [3.63, 3.8) is 0 Å². The maximum atomic E-state index is 13.1. The monoisotopic (exact) mass is 432 g/mol. The van der Waals surface area contributed by atoms with Crippen molar-refractivity contribution in [2.24, 2.45) is 5.92 Å². The number of anilines is 2. The van der Waals surface area contributed by atoms with Gasteiger partial charge >= 0.3 is 0 Å². The predicted octanol–water partition coefficient (Wildman–Crippen LogP) is 2.63. The van der Waals surface area contributed by atoms with Gasteiger partial charge in [-0.1, -0.05) is 6.07 Å². The first-order chi connectivity index (χ1) is 14.4. The summed E-state index contributed by atoms with van der Waals surface area (Å²) in [7, 11) is -3.54. The molecule has 2 aromatic rings. The third-order valence-electron chi connectivity index (χ3n) is 6.15. The van der Waals surface area contributed by atoms with Gasteiger partial charge in [0.1, 0.15) is 5.82 Å². The maximum absolute atomic E-state index is 13.1. The largest absolute Gasteiger partial charge is 0.399 e. The third-order valence-corrected chi connectivity index (χ3v) is 8.06. The van der Waals surface area contributed by atoms with E-state index in [4.69, 9.17) is 5.73 Å². The van der Waals surface area contributed by atoms with Crippen molar-refractivity contribution in [2.75, 3.05) is 56.4 Å². The molecule has 2 N–H and O–H groups in total. The van der Waals surface area contributed by atoms with Crippen LogP contribution in [0.25, 0.3) is 0 Å². The van der Waals surface area contributed by atoms with E-state index in [9.17, 15) is 12.8 Å². The number of sulfonamides is 1.